The van der Waals surface area contributed by atoms with Crippen molar-refractivity contribution in [2.24, 2.45) is 0 Å². The van der Waals surface area contributed by atoms with Crippen LogP contribution in [0.3, 0.4) is 0 Å². The predicted molar refractivity (Wildman–Crippen MR) is 369 cm³/mol. The van der Waals surface area contributed by atoms with Gasteiger partial charge < -0.3 is 18.0 Å². The largest absolute Gasteiger partial charge is 0.456 e. The maximum absolute atomic E-state index is 6.34. The monoisotopic (exact) mass is 1120 g/mol. The first-order valence-electron chi connectivity index (χ1n) is 30.0. The molecule has 0 radical (unpaired) electrons. The molecule has 0 atom stereocenters. The molecule has 0 amide bonds. The molecule has 0 saturated heterocycles. The molecule has 0 spiro atoms. The summed E-state index contributed by atoms with van der Waals surface area (Å²) in [6.07, 6.45) is 0. The van der Waals surface area contributed by atoms with Crippen LogP contribution in [0.5, 0.6) is 0 Å². The van der Waals surface area contributed by atoms with E-state index in [1.807, 2.05) is 24.3 Å². The van der Waals surface area contributed by atoms with Crippen LogP contribution in [-0.2, 0) is 0 Å². The van der Waals surface area contributed by atoms with Crippen molar-refractivity contribution in [1.82, 2.24) is 9.13 Å². The first-order valence-corrected chi connectivity index (χ1v) is 30.0. The van der Waals surface area contributed by atoms with Crippen LogP contribution in [0.15, 0.2) is 336 Å². The average Bonchev–Trinajstić information content (AvgIpc) is 3.20. The zero-order valence-electron chi connectivity index (χ0n) is 47.9. The van der Waals surface area contributed by atoms with Crippen molar-refractivity contribution in [2.75, 3.05) is 0 Å². The standard InChI is InChI=1S/2C42H27NO/c1-2-11-28(12-3-1)31-25-26-40-37(27-31)34-14-5-8-19-39(34)43(40)38-18-7-4-13-32(38)29-21-23-30(24-22-29)33-16-10-17-36-35-15-6-9-20-41(35)44-42(33)36;1-2-10-28(11-3-1)31-23-25-40-37(26-31)34-13-5-8-16-39(34)43(40)38-15-7-4-12-33(38)30-20-18-29(19-21-30)32-22-24-36-35-14-6-9-17-41(35)44-42(36)27-32/h2*1-27H. The van der Waals surface area contributed by atoms with E-state index in [0.29, 0.717) is 0 Å². The molecule has 4 nitrogen and oxygen atoms in total. The van der Waals surface area contributed by atoms with Crippen LogP contribution in [0.1, 0.15) is 0 Å². The van der Waals surface area contributed by atoms with Gasteiger partial charge in [-0.05, 0) is 123 Å². The Hall–Kier alpha value is -11.7. The highest BCUT2D eigenvalue weighted by atomic mass is 16.3. The zero-order chi connectivity index (χ0) is 58.1. The minimum absolute atomic E-state index is 0.917. The number of hydrogen-bond acceptors (Lipinski definition) is 2. The van der Waals surface area contributed by atoms with Crippen LogP contribution in [-0.4, -0.2) is 9.13 Å². The van der Waals surface area contributed by atoms with Crippen LogP contribution in [0.4, 0.5) is 0 Å². The molecule has 0 fully saturated rings. The van der Waals surface area contributed by atoms with Crippen LogP contribution >= 0.6 is 0 Å². The normalized spacial score (nSPS) is 11.6. The van der Waals surface area contributed by atoms with E-state index in [9.17, 15) is 0 Å². The number of rotatable bonds is 8. The van der Waals surface area contributed by atoms with Gasteiger partial charge in [-0.15, -0.1) is 0 Å². The maximum atomic E-state index is 6.34. The number of nitrogens with zero attached hydrogens (tertiary/aromatic N) is 2. The summed E-state index contributed by atoms with van der Waals surface area (Å²) in [6, 6.07) is 117. The fourth-order valence-corrected chi connectivity index (χ4v) is 13.5. The molecule has 0 bridgehead atoms. The van der Waals surface area contributed by atoms with Gasteiger partial charge in [0.2, 0.25) is 0 Å². The molecular formula is C84H54N2O2. The van der Waals surface area contributed by atoms with E-state index in [0.717, 1.165) is 60.6 Å². The van der Waals surface area contributed by atoms with E-state index in [1.165, 1.54) is 105 Å². The number of hydrogen-bond donors (Lipinski definition) is 0. The molecule has 4 aromatic heterocycles. The molecule has 0 N–H and O–H groups in total. The fraction of sp³-hybridized carbons (Fsp3) is 0. The van der Waals surface area contributed by atoms with E-state index in [4.69, 9.17) is 8.83 Å². The van der Waals surface area contributed by atoms with Gasteiger partial charge in [0.15, 0.2) is 0 Å². The molecule has 0 unspecified atom stereocenters. The molecular weight excluding hydrogens is 1070 g/mol. The summed E-state index contributed by atoms with van der Waals surface area (Å²) in [6.45, 7) is 0. The fourth-order valence-electron chi connectivity index (χ4n) is 13.5. The van der Waals surface area contributed by atoms with Crippen molar-refractivity contribution in [3.05, 3.63) is 328 Å². The van der Waals surface area contributed by atoms with Crippen LogP contribution < -0.4 is 0 Å². The SMILES string of the molecule is c1ccc(-c2ccc3c(c2)c2ccccc2n3-c2ccccc2-c2ccc(-c3ccc4c(c3)oc3ccccc34)cc2)cc1.c1ccc(-c2ccc3c(c2)c2ccccc2n3-c2ccccc2-c2ccc(-c3cccc4c3oc3ccccc34)cc2)cc1. The van der Waals surface area contributed by atoms with E-state index in [-0.39, 0.29) is 0 Å². The Balaban J connectivity index is 0.000000137. The summed E-state index contributed by atoms with van der Waals surface area (Å²) in [7, 11) is 0. The quantitative estimate of drug-likeness (QED) is 0.152. The molecule has 18 aromatic rings. The van der Waals surface area contributed by atoms with Gasteiger partial charge in [-0.2, -0.15) is 0 Å². The first kappa shape index (κ1) is 50.8. The Labute approximate surface area is 508 Å². The Morgan fingerprint density at radius 3 is 1.09 bits per heavy atom. The summed E-state index contributed by atoms with van der Waals surface area (Å²) in [5.41, 5.74) is 25.0. The van der Waals surface area contributed by atoms with Gasteiger partial charge in [-0.3, -0.25) is 0 Å². The molecule has 4 heterocycles. The summed E-state index contributed by atoms with van der Waals surface area (Å²) in [5, 5.41) is 9.63. The second-order valence-electron chi connectivity index (χ2n) is 22.7. The third kappa shape index (κ3) is 8.61. The second kappa shape index (κ2) is 21.1. The minimum Gasteiger partial charge on any atom is -0.456 e. The van der Waals surface area contributed by atoms with E-state index >= 15 is 0 Å². The molecule has 412 valence electrons. The molecule has 0 aliphatic rings. The average molecular weight is 1120 g/mol. The van der Waals surface area contributed by atoms with Gasteiger partial charge in [-0.1, -0.05) is 255 Å². The lowest BCUT2D eigenvalue weighted by molar-refractivity contribution is 0.669. The van der Waals surface area contributed by atoms with E-state index in [2.05, 4.69) is 312 Å². The summed E-state index contributed by atoms with van der Waals surface area (Å²) < 4.78 is 17.3. The Kier molecular flexibility index (Phi) is 12.2. The highest BCUT2D eigenvalue weighted by Crippen LogP contribution is 2.43. The minimum atomic E-state index is 0.917. The Morgan fingerprint density at radius 1 is 0.182 bits per heavy atom. The summed E-state index contributed by atoms with van der Waals surface area (Å²) >= 11 is 0. The molecule has 14 aromatic carbocycles. The van der Waals surface area contributed by atoms with Gasteiger partial charge in [0, 0.05) is 59.8 Å². The van der Waals surface area contributed by atoms with Crippen molar-refractivity contribution in [1.29, 1.82) is 0 Å². The van der Waals surface area contributed by atoms with Gasteiger partial charge in [0.1, 0.15) is 22.3 Å². The van der Waals surface area contributed by atoms with Crippen molar-refractivity contribution < 1.29 is 8.83 Å². The first-order chi connectivity index (χ1) is 43.6. The molecule has 0 saturated carbocycles. The third-order valence-corrected chi connectivity index (χ3v) is 17.7. The highest BCUT2D eigenvalue weighted by molar-refractivity contribution is 6.13. The van der Waals surface area contributed by atoms with Crippen molar-refractivity contribution in [3.63, 3.8) is 0 Å². The van der Waals surface area contributed by atoms with Gasteiger partial charge in [0.25, 0.3) is 0 Å². The van der Waals surface area contributed by atoms with Gasteiger partial charge in [0.05, 0.1) is 33.4 Å². The summed E-state index contributed by atoms with van der Waals surface area (Å²) in [5.74, 6) is 0. The lowest BCUT2D eigenvalue weighted by atomic mass is 9.98. The molecule has 0 aliphatic carbocycles. The maximum Gasteiger partial charge on any atom is 0.143 e. The number of furan rings is 2. The Bertz CT molecular complexity index is 5670. The molecule has 18 rings (SSSR count). The van der Waals surface area contributed by atoms with Crippen LogP contribution in [0.25, 0.3) is 166 Å². The van der Waals surface area contributed by atoms with Crippen molar-refractivity contribution in [2.45, 2.75) is 0 Å². The number of fused-ring (bicyclic) bond motifs is 12. The Morgan fingerprint density at radius 2 is 0.534 bits per heavy atom. The number of benzene rings is 14. The molecule has 4 heteroatoms. The van der Waals surface area contributed by atoms with Crippen molar-refractivity contribution >= 4 is 87.5 Å². The topological polar surface area (TPSA) is 36.1 Å². The zero-order valence-corrected chi connectivity index (χ0v) is 47.9. The van der Waals surface area contributed by atoms with Crippen LogP contribution in [0.2, 0.25) is 0 Å². The van der Waals surface area contributed by atoms with Crippen molar-refractivity contribution in [3.8, 4) is 78.1 Å². The number of aromatic nitrogens is 2. The smallest absolute Gasteiger partial charge is 0.143 e. The van der Waals surface area contributed by atoms with Gasteiger partial charge >= 0.3 is 0 Å². The lowest BCUT2D eigenvalue weighted by Crippen LogP contribution is -1.97. The third-order valence-electron chi connectivity index (χ3n) is 17.7. The molecule has 88 heavy (non-hydrogen) atoms. The lowest BCUT2D eigenvalue weighted by Gasteiger charge is -2.14. The second-order valence-corrected chi connectivity index (χ2v) is 22.7. The van der Waals surface area contributed by atoms with E-state index < -0.39 is 0 Å². The van der Waals surface area contributed by atoms with Crippen LogP contribution in [0, 0.1) is 0 Å². The number of para-hydroxylation sites is 7. The summed E-state index contributed by atoms with van der Waals surface area (Å²) in [4.78, 5) is 0. The molecule has 0 aliphatic heterocycles. The van der Waals surface area contributed by atoms with Gasteiger partial charge in [-0.25, -0.2) is 0 Å². The highest BCUT2D eigenvalue weighted by Gasteiger charge is 2.20. The predicted octanol–water partition coefficient (Wildman–Crippen LogP) is 23.4. The van der Waals surface area contributed by atoms with E-state index in [1.54, 1.807) is 0 Å².